The van der Waals surface area contributed by atoms with Gasteiger partial charge in [0.15, 0.2) is 5.78 Å². The summed E-state index contributed by atoms with van der Waals surface area (Å²) in [6.45, 7) is 8.67. The van der Waals surface area contributed by atoms with Crippen LogP contribution < -0.4 is 4.74 Å². The average Bonchev–Trinajstić information content (AvgIpc) is 2.41. The Morgan fingerprint density at radius 3 is 2.35 bits per heavy atom. The lowest BCUT2D eigenvalue weighted by molar-refractivity contribution is 0.0835. The number of hydrogen-bond acceptors (Lipinski definition) is 2. The van der Waals surface area contributed by atoms with Crippen molar-refractivity contribution in [1.82, 2.24) is 0 Å². The molecule has 0 aliphatic heterocycles. The van der Waals surface area contributed by atoms with E-state index in [2.05, 4.69) is 20.8 Å². The van der Waals surface area contributed by atoms with Crippen LogP contribution in [0.4, 0.5) is 0 Å². The van der Waals surface area contributed by atoms with Gasteiger partial charge in [-0.25, -0.2) is 0 Å². The van der Waals surface area contributed by atoms with Crippen molar-refractivity contribution in [1.29, 1.82) is 0 Å². The Morgan fingerprint density at radius 2 is 1.80 bits per heavy atom. The molecule has 1 fully saturated rings. The van der Waals surface area contributed by atoms with E-state index < -0.39 is 0 Å². The fraction of sp³-hybridized carbons (Fsp3) is 0.611. The molecule has 2 rings (SSSR count). The molecule has 0 amide bonds. The van der Waals surface area contributed by atoms with E-state index in [4.69, 9.17) is 4.74 Å². The number of carbonyl (C=O) groups is 1. The SMILES string of the molecule is COc1c(C(=O)C2CCC(C)(C)CC2)ccc(C)c1C. The number of aryl methyl sites for hydroxylation is 1. The number of Topliss-reactive ketones (excluding diaryl/α,β-unsaturated/α-hetero) is 1. The van der Waals surface area contributed by atoms with Gasteiger partial charge < -0.3 is 4.74 Å². The minimum absolute atomic E-state index is 0.166. The first-order valence-electron chi connectivity index (χ1n) is 7.54. The van der Waals surface area contributed by atoms with Gasteiger partial charge >= 0.3 is 0 Å². The Bertz CT molecular complexity index is 504. The van der Waals surface area contributed by atoms with Gasteiger partial charge in [0.1, 0.15) is 5.75 Å². The molecule has 0 heterocycles. The van der Waals surface area contributed by atoms with Gasteiger partial charge in [-0.2, -0.15) is 0 Å². The molecular weight excluding hydrogens is 248 g/mol. The lowest BCUT2D eigenvalue weighted by atomic mass is 9.71. The van der Waals surface area contributed by atoms with Crippen molar-refractivity contribution < 1.29 is 9.53 Å². The van der Waals surface area contributed by atoms with Gasteiger partial charge in [0.2, 0.25) is 0 Å². The fourth-order valence-electron chi connectivity index (χ4n) is 3.13. The Kier molecular flexibility index (Phi) is 4.22. The summed E-state index contributed by atoms with van der Waals surface area (Å²) in [5, 5.41) is 0. The minimum atomic E-state index is 0.166. The van der Waals surface area contributed by atoms with Gasteiger partial charge in [0, 0.05) is 5.92 Å². The van der Waals surface area contributed by atoms with Crippen molar-refractivity contribution in [3.8, 4) is 5.75 Å². The molecule has 20 heavy (non-hydrogen) atoms. The number of carbonyl (C=O) groups excluding carboxylic acids is 1. The van der Waals surface area contributed by atoms with Crippen molar-refractivity contribution in [2.24, 2.45) is 11.3 Å². The summed E-state index contributed by atoms with van der Waals surface area (Å²) in [5.74, 6) is 1.19. The zero-order valence-corrected chi connectivity index (χ0v) is 13.4. The van der Waals surface area contributed by atoms with Gasteiger partial charge in [-0.05, 0) is 62.1 Å². The Labute approximate surface area is 122 Å². The van der Waals surface area contributed by atoms with Crippen molar-refractivity contribution in [2.45, 2.75) is 53.4 Å². The molecule has 0 aromatic heterocycles. The Balaban J connectivity index is 2.24. The predicted molar refractivity (Wildman–Crippen MR) is 82.5 cm³/mol. The molecule has 0 atom stereocenters. The van der Waals surface area contributed by atoms with Crippen LogP contribution >= 0.6 is 0 Å². The normalized spacial score (nSPS) is 18.9. The monoisotopic (exact) mass is 274 g/mol. The molecule has 0 unspecified atom stereocenters. The van der Waals surface area contributed by atoms with E-state index in [1.165, 1.54) is 5.56 Å². The molecule has 110 valence electrons. The van der Waals surface area contributed by atoms with E-state index in [0.29, 0.717) is 5.41 Å². The first kappa shape index (κ1) is 15.1. The molecule has 2 nitrogen and oxygen atoms in total. The number of methoxy groups -OCH3 is 1. The highest BCUT2D eigenvalue weighted by atomic mass is 16.5. The summed E-state index contributed by atoms with van der Waals surface area (Å²) in [7, 11) is 1.66. The van der Waals surface area contributed by atoms with E-state index in [1.807, 2.05) is 19.1 Å². The predicted octanol–water partition coefficient (Wildman–Crippen LogP) is 4.71. The van der Waals surface area contributed by atoms with Crippen LogP contribution in [0.5, 0.6) is 5.75 Å². The number of hydrogen-bond donors (Lipinski definition) is 0. The minimum Gasteiger partial charge on any atom is -0.496 e. The largest absolute Gasteiger partial charge is 0.496 e. The molecule has 1 aromatic rings. The van der Waals surface area contributed by atoms with Gasteiger partial charge in [-0.1, -0.05) is 19.9 Å². The molecule has 2 heteroatoms. The van der Waals surface area contributed by atoms with Gasteiger partial charge in [0.25, 0.3) is 0 Å². The second-order valence-corrected chi connectivity index (χ2v) is 6.89. The molecule has 1 saturated carbocycles. The maximum atomic E-state index is 12.8. The number of benzene rings is 1. The van der Waals surface area contributed by atoms with Crippen molar-refractivity contribution >= 4 is 5.78 Å². The first-order valence-corrected chi connectivity index (χ1v) is 7.54. The van der Waals surface area contributed by atoms with Gasteiger partial charge in [-0.15, -0.1) is 0 Å². The van der Waals surface area contributed by atoms with E-state index in [1.54, 1.807) is 7.11 Å². The zero-order valence-electron chi connectivity index (χ0n) is 13.4. The lowest BCUT2D eigenvalue weighted by Gasteiger charge is -2.33. The molecule has 0 N–H and O–H groups in total. The molecule has 1 aliphatic rings. The third-order valence-electron chi connectivity index (χ3n) is 4.86. The van der Waals surface area contributed by atoms with Crippen molar-refractivity contribution in [3.05, 3.63) is 28.8 Å². The Morgan fingerprint density at radius 1 is 1.20 bits per heavy atom. The third kappa shape index (κ3) is 2.89. The topological polar surface area (TPSA) is 26.3 Å². The maximum Gasteiger partial charge on any atom is 0.169 e. The maximum absolute atomic E-state index is 12.8. The highest BCUT2D eigenvalue weighted by Crippen LogP contribution is 2.40. The van der Waals surface area contributed by atoms with E-state index in [-0.39, 0.29) is 11.7 Å². The number of ether oxygens (including phenoxy) is 1. The van der Waals surface area contributed by atoms with E-state index in [9.17, 15) is 4.79 Å². The van der Waals surface area contributed by atoms with Crippen LogP contribution in [-0.2, 0) is 0 Å². The standard InChI is InChI=1S/C18H26O2/c1-12-6-7-15(17(20-5)13(12)2)16(19)14-8-10-18(3,4)11-9-14/h6-7,14H,8-11H2,1-5H3. The van der Waals surface area contributed by atoms with Crippen LogP contribution in [-0.4, -0.2) is 12.9 Å². The van der Waals surface area contributed by atoms with Gasteiger partial charge in [0.05, 0.1) is 12.7 Å². The highest BCUT2D eigenvalue weighted by Gasteiger charge is 2.32. The molecular formula is C18H26O2. The molecule has 0 spiro atoms. The molecule has 0 radical (unpaired) electrons. The second-order valence-electron chi connectivity index (χ2n) is 6.89. The summed E-state index contributed by atoms with van der Waals surface area (Å²) in [6.07, 6.45) is 4.27. The summed E-state index contributed by atoms with van der Waals surface area (Å²) in [5.41, 5.74) is 3.40. The van der Waals surface area contributed by atoms with Crippen LogP contribution in [0.25, 0.3) is 0 Å². The van der Waals surface area contributed by atoms with Crippen LogP contribution in [0.1, 0.15) is 61.0 Å². The van der Waals surface area contributed by atoms with E-state index in [0.717, 1.165) is 42.6 Å². The van der Waals surface area contributed by atoms with Crippen molar-refractivity contribution in [2.75, 3.05) is 7.11 Å². The van der Waals surface area contributed by atoms with E-state index >= 15 is 0 Å². The fourth-order valence-corrected chi connectivity index (χ4v) is 3.13. The quantitative estimate of drug-likeness (QED) is 0.746. The molecule has 0 bridgehead atoms. The van der Waals surface area contributed by atoms with Gasteiger partial charge in [-0.3, -0.25) is 4.79 Å². The summed E-state index contributed by atoms with van der Waals surface area (Å²) >= 11 is 0. The third-order valence-corrected chi connectivity index (χ3v) is 4.86. The smallest absolute Gasteiger partial charge is 0.169 e. The summed E-state index contributed by atoms with van der Waals surface area (Å²) in [6, 6.07) is 3.96. The van der Waals surface area contributed by atoms with Crippen LogP contribution in [0.2, 0.25) is 0 Å². The van der Waals surface area contributed by atoms with Crippen LogP contribution in [0, 0.1) is 25.2 Å². The first-order chi connectivity index (χ1) is 9.35. The summed E-state index contributed by atoms with van der Waals surface area (Å²) in [4.78, 5) is 12.8. The highest BCUT2D eigenvalue weighted by molar-refractivity contribution is 6.00. The second kappa shape index (κ2) is 5.59. The lowest BCUT2D eigenvalue weighted by Crippen LogP contribution is -2.26. The van der Waals surface area contributed by atoms with Crippen molar-refractivity contribution in [3.63, 3.8) is 0 Å². The number of rotatable bonds is 3. The zero-order chi connectivity index (χ0) is 14.9. The molecule has 0 saturated heterocycles. The number of ketones is 1. The average molecular weight is 274 g/mol. The molecule has 1 aliphatic carbocycles. The molecule has 1 aromatic carbocycles. The van der Waals surface area contributed by atoms with Crippen LogP contribution in [0.3, 0.4) is 0 Å². The summed E-state index contributed by atoms with van der Waals surface area (Å²) < 4.78 is 5.49. The van der Waals surface area contributed by atoms with Crippen LogP contribution in [0.15, 0.2) is 12.1 Å². The Hall–Kier alpha value is -1.31.